The molecule has 1 N–H and O–H groups in total. The second-order valence-electron chi connectivity index (χ2n) is 5.29. The summed E-state index contributed by atoms with van der Waals surface area (Å²) in [6, 6.07) is 10.5. The first-order valence-corrected chi connectivity index (χ1v) is 7.13. The highest BCUT2D eigenvalue weighted by atomic mass is 16.5. The third kappa shape index (κ3) is 2.49. The molecule has 1 aliphatic heterocycles. The van der Waals surface area contributed by atoms with E-state index in [4.69, 9.17) is 9.72 Å². The summed E-state index contributed by atoms with van der Waals surface area (Å²) in [4.78, 5) is 7.22. The first-order valence-electron chi connectivity index (χ1n) is 7.13. The van der Waals surface area contributed by atoms with E-state index in [2.05, 4.69) is 34.5 Å². The highest BCUT2D eigenvalue weighted by Gasteiger charge is 2.25. The molecule has 20 heavy (non-hydrogen) atoms. The van der Waals surface area contributed by atoms with Crippen LogP contribution in [0.15, 0.2) is 30.3 Å². The zero-order chi connectivity index (χ0) is 13.9. The predicted octanol–water partition coefficient (Wildman–Crippen LogP) is 2.18. The van der Waals surface area contributed by atoms with Crippen LogP contribution >= 0.6 is 0 Å². The summed E-state index contributed by atoms with van der Waals surface area (Å²) in [5.41, 5.74) is 2.31. The number of fused-ring (bicyclic) bond motifs is 1. The molecule has 4 nitrogen and oxygen atoms in total. The van der Waals surface area contributed by atoms with Crippen LogP contribution in [0.3, 0.4) is 0 Å². The Balaban J connectivity index is 2.01. The molecule has 0 radical (unpaired) electrons. The van der Waals surface area contributed by atoms with Crippen molar-refractivity contribution in [2.45, 2.75) is 19.1 Å². The molecule has 1 atom stereocenters. The van der Waals surface area contributed by atoms with Gasteiger partial charge in [0.1, 0.15) is 5.82 Å². The second-order valence-corrected chi connectivity index (χ2v) is 5.29. The minimum Gasteiger partial charge on any atom is -0.380 e. The van der Waals surface area contributed by atoms with Crippen LogP contribution in [-0.2, 0) is 11.3 Å². The Morgan fingerprint density at radius 3 is 3.00 bits per heavy atom. The Kier molecular flexibility index (Phi) is 3.85. The van der Waals surface area contributed by atoms with Gasteiger partial charge in [0.05, 0.1) is 11.6 Å². The van der Waals surface area contributed by atoms with Crippen LogP contribution in [0.25, 0.3) is 10.9 Å². The minimum atomic E-state index is 0.325. The number of hydrogen-bond donors (Lipinski definition) is 1. The SMILES string of the molecule is CNCc1cc2ccccc2nc1N1CCC(OC)C1. The smallest absolute Gasteiger partial charge is 0.133 e. The molecule has 4 heteroatoms. The van der Waals surface area contributed by atoms with Crippen LogP contribution in [0.2, 0.25) is 0 Å². The van der Waals surface area contributed by atoms with E-state index in [-0.39, 0.29) is 0 Å². The Bertz CT molecular complexity index is 599. The molecular formula is C16H21N3O. The highest BCUT2D eigenvalue weighted by molar-refractivity contribution is 5.81. The largest absolute Gasteiger partial charge is 0.380 e. The van der Waals surface area contributed by atoms with Gasteiger partial charge in [-0.25, -0.2) is 4.98 Å². The van der Waals surface area contributed by atoms with Crippen molar-refractivity contribution in [2.75, 3.05) is 32.1 Å². The molecule has 106 valence electrons. The van der Waals surface area contributed by atoms with Crippen molar-refractivity contribution in [3.8, 4) is 0 Å². The summed E-state index contributed by atoms with van der Waals surface area (Å²) >= 11 is 0. The molecule has 3 rings (SSSR count). The van der Waals surface area contributed by atoms with Crippen molar-refractivity contribution in [1.29, 1.82) is 0 Å². The number of nitrogens with zero attached hydrogens (tertiary/aromatic N) is 2. The lowest BCUT2D eigenvalue weighted by Gasteiger charge is -2.21. The molecule has 0 saturated carbocycles. The Morgan fingerprint density at radius 1 is 1.40 bits per heavy atom. The monoisotopic (exact) mass is 271 g/mol. The lowest BCUT2D eigenvalue weighted by atomic mass is 10.1. The second kappa shape index (κ2) is 5.77. The quantitative estimate of drug-likeness (QED) is 0.925. The van der Waals surface area contributed by atoms with Crippen molar-refractivity contribution >= 4 is 16.7 Å². The molecular weight excluding hydrogens is 250 g/mol. The van der Waals surface area contributed by atoms with E-state index in [1.807, 2.05) is 13.1 Å². The normalized spacial score (nSPS) is 18.9. The van der Waals surface area contributed by atoms with Gasteiger partial charge in [-0.05, 0) is 25.6 Å². The summed E-state index contributed by atoms with van der Waals surface area (Å²) in [7, 11) is 3.76. The topological polar surface area (TPSA) is 37.4 Å². The average molecular weight is 271 g/mol. The van der Waals surface area contributed by atoms with E-state index in [0.717, 1.165) is 37.4 Å². The molecule has 2 heterocycles. The highest BCUT2D eigenvalue weighted by Crippen LogP contribution is 2.27. The first-order chi connectivity index (χ1) is 9.81. The Morgan fingerprint density at radius 2 is 2.25 bits per heavy atom. The minimum absolute atomic E-state index is 0.325. The summed E-state index contributed by atoms with van der Waals surface area (Å²) in [6.45, 7) is 2.78. The standard InChI is InChI=1S/C16H21N3O/c1-17-10-13-9-12-5-3-4-6-15(12)18-16(13)19-8-7-14(11-19)20-2/h3-6,9,14,17H,7-8,10-11H2,1-2H3. The van der Waals surface area contributed by atoms with E-state index in [1.165, 1.54) is 10.9 Å². The molecule has 0 aliphatic carbocycles. The number of hydrogen-bond acceptors (Lipinski definition) is 4. The number of rotatable bonds is 4. The maximum atomic E-state index is 5.47. The van der Waals surface area contributed by atoms with E-state index in [1.54, 1.807) is 7.11 Å². The maximum Gasteiger partial charge on any atom is 0.133 e. The van der Waals surface area contributed by atoms with Gasteiger partial charge >= 0.3 is 0 Å². The van der Waals surface area contributed by atoms with E-state index >= 15 is 0 Å². The average Bonchev–Trinajstić information content (AvgIpc) is 2.95. The van der Waals surface area contributed by atoms with Crippen LogP contribution in [0.5, 0.6) is 0 Å². The van der Waals surface area contributed by atoms with Crippen molar-refractivity contribution in [2.24, 2.45) is 0 Å². The predicted molar refractivity (Wildman–Crippen MR) is 82.1 cm³/mol. The van der Waals surface area contributed by atoms with Gasteiger partial charge in [-0.2, -0.15) is 0 Å². The number of para-hydroxylation sites is 1. The van der Waals surface area contributed by atoms with Crippen LogP contribution < -0.4 is 10.2 Å². The number of methoxy groups -OCH3 is 1. The van der Waals surface area contributed by atoms with Crippen molar-refractivity contribution in [3.63, 3.8) is 0 Å². The molecule has 1 aliphatic rings. The maximum absolute atomic E-state index is 5.47. The molecule has 1 fully saturated rings. The number of pyridine rings is 1. The number of ether oxygens (including phenoxy) is 1. The van der Waals surface area contributed by atoms with E-state index in [9.17, 15) is 0 Å². The van der Waals surface area contributed by atoms with Gasteiger partial charge in [-0.3, -0.25) is 0 Å². The van der Waals surface area contributed by atoms with Crippen LogP contribution in [0, 0.1) is 0 Å². The summed E-state index contributed by atoms with van der Waals surface area (Å²) in [5, 5.41) is 4.44. The van der Waals surface area contributed by atoms with Crippen molar-refractivity contribution in [1.82, 2.24) is 10.3 Å². The van der Waals surface area contributed by atoms with Crippen LogP contribution in [0.1, 0.15) is 12.0 Å². The van der Waals surface area contributed by atoms with Gasteiger partial charge in [0, 0.05) is 37.7 Å². The van der Waals surface area contributed by atoms with Gasteiger partial charge in [0.25, 0.3) is 0 Å². The van der Waals surface area contributed by atoms with Gasteiger partial charge in [0.2, 0.25) is 0 Å². The fourth-order valence-electron chi connectivity index (χ4n) is 2.86. The fourth-order valence-corrected chi connectivity index (χ4v) is 2.86. The third-order valence-electron chi connectivity index (χ3n) is 3.93. The van der Waals surface area contributed by atoms with Crippen molar-refractivity contribution in [3.05, 3.63) is 35.9 Å². The molecule has 1 aromatic heterocycles. The molecule has 2 aromatic rings. The van der Waals surface area contributed by atoms with Gasteiger partial charge in [-0.1, -0.05) is 18.2 Å². The zero-order valence-corrected chi connectivity index (χ0v) is 12.1. The van der Waals surface area contributed by atoms with Crippen molar-refractivity contribution < 1.29 is 4.74 Å². The number of benzene rings is 1. The number of nitrogens with one attached hydrogen (secondary N) is 1. The summed E-state index contributed by atoms with van der Waals surface area (Å²) < 4.78 is 5.47. The molecule has 1 saturated heterocycles. The Labute approximate surface area is 119 Å². The molecule has 0 bridgehead atoms. The summed E-state index contributed by atoms with van der Waals surface area (Å²) in [6.07, 6.45) is 1.40. The lowest BCUT2D eigenvalue weighted by molar-refractivity contribution is 0.121. The Hall–Kier alpha value is -1.65. The molecule has 0 amide bonds. The third-order valence-corrected chi connectivity index (χ3v) is 3.93. The fraction of sp³-hybridized carbons (Fsp3) is 0.438. The molecule has 0 spiro atoms. The van der Waals surface area contributed by atoms with Gasteiger partial charge in [-0.15, -0.1) is 0 Å². The first kappa shape index (κ1) is 13.3. The van der Waals surface area contributed by atoms with E-state index in [0.29, 0.717) is 6.10 Å². The summed E-state index contributed by atoms with van der Waals surface area (Å²) in [5.74, 6) is 1.10. The van der Waals surface area contributed by atoms with Gasteiger partial charge < -0.3 is 15.0 Å². The number of aromatic nitrogens is 1. The lowest BCUT2D eigenvalue weighted by Crippen LogP contribution is -2.25. The van der Waals surface area contributed by atoms with Gasteiger partial charge in [0.15, 0.2) is 0 Å². The zero-order valence-electron chi connectivity index (χ0n) is 12.1. The molecule has 1 unspecified atom stereocenters. The van der Waals surface area contributed by atoms with E-state index < -0.39 is 0 Å². The van der Waals surface area contributed by atoms with Crippen LogP contribution in [-0.4, -0.2) is 38.3 Å². The molecule has 1 aromatic carbocycles. The number of anilines is 1. The van der Waals surface area contributed by atoms with Crippen LogP contribution in [0.4, 0.5) is 5.82 Å².